The first-order chi connectivity index (χ1) is 22.2. The highest BCUT2D eigenvalue weighted by Crippen LogP contribution is 2.47. The number of rotatable bonds is 3. The molecule has 8 aromatic rings. The summed E-state index contributed by atoms with van der Waals surface area (Å²) in [5, 5.41) is 7.41. The van der Waals surface area contributed by atoms with E-state index in [2.05, 4.69) is 151 Å². The van der Waals surface area contributed by atoms with Crippen molar-refractivity contribution in [2.45, 2.75) is 18.8 Å². The number of pyridine rings is 2. The molecule has 2 aromatic heterocycles. The molecule has 0 bridgehead atoms. The van der Waals surface area contributed by atoms with Crippen molar-refractivity contribution in [2.24, 2.45) is 0 Å². The molecule has 1 unspecified atom stereocenters. The summed E-state index contributed by atoms with van der Waals surface area (Å²) in [6.45, 7) is 2.40. The molecule has 2 heteroatoms. The first-order valence-corrected chi connectivity index (χ1v) is 15.6. The third-order valence-electron chi connectivity index (χ3n) is 9.65. The molecule has 1 aliphatic carbocycles. The van der Waals surface area contributed by atoms with Gasteiger partial charge in [0.1, 0.15) is 0 Å². The van der Waals surface area contributed by atoms with Crippen LogP contribution in [0.5, 0.6) is 0 Å². The van der Waals surface area contributed by atoms with Gasteiger partial charge in [0.05, 0.1) is 16.7 Å². The van der Waals surface area contributed by atoms with Gasteiger partial charge in [0.25, 0.3) is 0 Å². The second-order valence-electron chi connectivity index (χ2n) is 12.5. The molecule has 1 aliphatic rings. The van der Waals surface area contributed by atoms with E-state index in [1.807, 2.05) is 12.3 Å². The van der Waals surface area contributed by atoms with Gasteiger partial charge in [-0.15, -0.1) is 0 Å². The average Bonchev–Trinajstić information content (AvgIpc) is 3.10. The van der Waals surface area contributed by atoms with Crippen LogP contribution in [0.2, 0.25) is 0 Å². The zero-order chi connectivity index (χ0) is 30.0. The molecule has 9 rings (SSSR count). The summed E-state index contributed by atoms with van der Waals surface area (Å²) in [6, 6.07) is 48.2. The molecule has 0 aliphatic heterocycles. The molecular weight excluding hydrogens is 544 g/mol. The molecule has 2 nitrogen and oxygen atoms in total. The Labute approximate surface area is 262 Å². The second kappa shape index (κ2) is 9.97. The van der Waals surface area contributed by atoms with Crippen LogP contribution in [0.3, 0.4) is 0 Å². The molecule has 0 spiro atoms. The van der Waals surface area contributed by atoms with E-state index in [1.165, 1.54) is 49.4 Å². The summed E-state index contributed by atoms with van der Waals surface area (Å²) >= 11 is 0. The summed E-state index contributed by atoms with van der Waals surface area (Å²) < 4.78 is 0. The molecule has 2 heterocycles. The Morgan fingerprint density at radius 2 is 1.18 bits per heavy atom. The minimum Gasteiger partial charge on any atom is -0.254 e. The van der Waals surface area contributed by atoms with Crippen molar-refractivity contribution in [1.29, 1.82) is 0 Å². The van der Waals surface area contributed by atoms with Crippen LogP contribution < -0.4 is 0 Å². The Morgan fingerprint density at radius 3 is 1.93 bits per heavy atom. The fourth-order valence-corrected chi connectivity index (χ4v) is 7.50. The first kappa shape index (κ1) is 25.9. The molecule has 1 atom stereocenters. The van der Waals surface area contributed by atoms with E-state index in [-0.39, 0.29) is 5.41 Å². The van der Waals surface area contributed by atoms with E-state index in [1.54, 1.807) is 0 Å². The van der Waals surface area contributed by atoms with Crippen LogP contribution in [0.25, 0.3) is 71.8 Å². The smallest absolute Gasteiger partial charge is 0.0972 e. The molecule has 0 saturated carbocycles. The van der Waals surface area contributed by atoms with Crippen molar-refractivity contribution in [2.75, 3.05) is 0 Å². The Balaban J connectivity index is 1.21. The number of hydrogen-bond donors (Lipinski definition) is 0. The van der Waals surface area contributed by atoms with E-state index in [0.29, 0.717) is 0 Å². The SMILES string of the molecule is CC1(c2c3ccccc3c(-c3ccc(-c4ccc5ccc6cccnc6c5n4)cc3)c3ccccc23)C=Cc2ccccc2C1. The third kappa shape index (κ3) is 4.10. The Bertz CT molecular complexity index is 2410. The van der Waals surface area contributed by atoms with Gasteiger partial charge in [-0.1, -0.05) is 140 Å². The summed E-state index contributed by atoms with van der Waals surface area (Å²) in [5.41, 5.74) is 10.4. The lowest BCUT2D eigenvalue weighted by atomic mass is 9.69. The number of allylic oxidation sites excluding steroid dienone is 1. The highest BCUT2D eigenvalue weighted by molar-refractivity contribution is 6.16. The quantitative estimate of drug-likeness (QED) is 0.155. The topological polar surface area (TPSA) is 25.8 Å². The van der Waals surface area contributed by atoms with E-state index in [4.69, 9.17) is 4.98 Å². The lowest BCUT2D eigenvalue weighted by molar-refractivity contribution is 0.597. The van der Waals surface area contributed by atoms with Crippen molar-refractivity contribution in [3.05, 3.63) is 162 Å². The monoisotopic (exact) mass is 574 g/mol. The third-order valence-corrected chi connectivity index (χ3v) is 9.65. The number of hydrogen-bond acceptors (Lipinski definition) is 2. The van der Waals surface area contributed by atoms with E-state index in [0.717, 1.165) is 39.5 Å². The summed E-state index contributed by atoms with van der Waals surface area (Å²) in [6.07, 6.45) is 7.56. The van der Waals surface area contributed by atoms with E-state index < -0.39 is 0 Å². The lowest BCUT2D eigenvalue weighted by Gasteiger charge is -2.34. The van der Waals surface area contributed by atoms with Gasteiger partial charge in [0.2, 0.25) is 0 Å². The first-order valence-electron chi connectivity index (χ1n) is 15.6. The predicted octanol–water partition coefficient (Wildman–Crippen LogP) is 11.0. The zero-order valence-electron chi connectivity index (χ0n) is 25.0. The second-order valence-corrected chi connectivity index (χ2v) is 12.5. The Hall–Kier alpha value is -5.60. The molecule has 0 amide bonds. The standard InChI is InChI=1S/C43H30N2/c1-43(25-24-28-9-2-3-10-33(28)27-43)40-36-14-6-4-12-34(36)39(35-13-5-7-15-37(35)40)30-18-16-29(17-19-30)38-23-22-32-21-20-31-11-8-26-44-41(31)42(32)45-38/h2-26H,27H2,1H3. The maximum atomic E-state index is 5.09. The van der Waals surface area contributed by atoms with Gasteiger partial charge in [0, 0.05) is 27.9 Å². The van der Waals surface area contributed by atoms with E-state index in [9.17, 15) is 0 Å². The molecule has 0 N–H and O–H groups in total. The van der Waals surface area contributed by atoms with Crippen LogP contribution in [0.15, 0.2) is 146 Å². The molecule has 45 heavy (non-hydrogen) atoms. The minimum absolute atomic E-state index is 0.128. The molecule has 6 aromatic carbocycles. The van der Waals surface area contributed by atoms with Gasteiger partial charge < -0.3 is 0 Å². The maximum absolute atomic E-state index is 5.09. The highest BCUT2D eigenvalue weighted by atomic mass is 14.7. The van der Waals surface area contributed by atoms with Gasteiger partial charge in [-0.25, -0.2) is 4.98 Å². The van der Waals surface area contributed by atoms with Crippen LogP contribution in [0.1, 0.15) is 23.6 Å². The fraction of sp³-hybridized carbons (Fsp3) is 0.0698. The lowest BCUT2D eigenvalue weighted by Crippen LogP contribution is -2.26. The Kier molecular flexibility index (Phi) is 5.73. The number of fused-ring (bicyclic) bond motifs is 6. The van der Waals surface area contributed by atoms with Crippen molar-refractivity contribution < 1.29 is 0 Å². The van der Waals surface area contributed by atoms with Gasteiger partial charge in [0.15, 0.2) is 0 Å². The van der Waals surface area contributed by atoms with Crippen LogP contribution in [0, 0.1) is 0 Å². The average molecular weight is 575 g/mol. The molecule has 0 fully saturated rings. The summed E-state index contributed by atoms with van der Waals surface area (Å²) in [4.78, 5) is 9.74. The summed E-state index contributed by atoms with van der Waals surface area (Å²) in [5.74, 6) is 0. The predicted molar refractivity (Wildman–Crippen MR) is 189 cm³/mol. The Morgan fingerprint density at radius 1 is 0.556 bits per heavy atom. The highest BCUT2D eigenvalue weighted by Gasteiger charge is 2.32. The molecule has 0 saturated heterocycles. The number of nitrogens with zero attached hydrogens (tertiary/aromatic N) is 2. The van der Waals surface area contributed by atoms with Crippen molar-refractivity contribution in [3.63, 3.8) is 0 Å². The van der Waals surface area contributed by atoms with Crippen LogP contribution in [0.4, 0.5) is 0 Å². The zero-order valence-corrected chi connectivity index (χ0v) is 25.0. The van der Waals surface area contributed by atoms with Crippen LogP contribution in [-0.4, -0.2) is 9.97 Å². The van der Waals surface area contributed by atoms with Crippen molar-refractivity contribution >= 4 is 49.4 Å². The number of aromatic nitrogens is 2. The molecular formula is C43H30N2. The normalized spacial score (nSPS) is 16.0. The van der Waals surface area contributed by atoms with Gasteiger partial charge in [-0.2, -0.15) is 0 Å². The molecule has 212 valence electrons. The molecule has 0 radical (unpaired) electrons. The van der Waals surface area contributed by atoms with Gasteiger partial charge >= 0.3 is 0 Å². The van der Waals surface area contributed by atoms with Crippen molar-refractivity contribution in [3.8, 4) is 22.4 Å². The van der Waals surface area contributed by atoms with Crippen molar-refractivity contribution in [1.82, 2.24) is 9.97 Å². The number of benzene rings is 6. The minimum atomic E-state index is -0.128. The van der Waals surface area contributed by atoms with Gasteiger partial charge in [-0.05, 0) is 67.9 Å². The summed E-state index contributed by atoms with van der Waals surface area (Å²) in [7, 11) is 0. The fourth-order valence-electron chi connectivity index (χ4n) is 7.50. The largest absolute Gasteiger partial charge is 0.254 e. The van der Waals surface area contributed by atoms with Gasteiger partial charge in [-0.3, -0.25) is 4.98 Å². The van der Waals surface area contributed by atoms with Crippen LogP contribution in [-0.2, 0) is 11.8 Å². The van der Waals surface area contributed by atoms with E-state index >= 15 is 0 Å². The van der Waals surface area contributed by atoms with Crippen LogP contribution >= 0.6 is 0 Å². The maximum Gasteiger partial charge on any atom is 0.0972 e.